The van der Waals surface area contributed by atoms with Gasteiger partial charge >= 0.3 is 0 Å². The van der Waals surface area contributed by atoms with Crippen LogP contribution in [0.4, 0.5) is 0 Å². The van der Waals surface area contributed by atoms with Gasteiger partial charge in [0.15, 0.2) is 17.5 Å². The molecule has 0 unspecified atom stereocenters. The van der Waals surface area contributed by atoms with Crippen LogP contribution in [0.15, 0.2) is 197 Å². The van der Waals surface area contributed by atoms with Gasteiger partial charge in [-0.25, -0.2) is 15.0 Å². The maximum Gasteiger partial charge on any atom is 0.167 e. The molecule has 11 rings (SSSR count). The Labute approximate surface area is 322 Å². The SMILES string of the molecule is c1ccc(-c2cc(-c3ccccc3)cc(-c3nc(-c4ccc5c(c4)oc4cccc(-c6ccccc6)c45)nc(-c4cccc5c4oc4ccccc45)n3)c2)cc1. The molecule has 3 heterocycles. The van der Waals surface area contributed by atoms with Crippen molar-refractivity contribution in [2.24, 2.45) is 0 Å². The number of hydrogen-bond acceptors (Lipinski definition) is 5. The van der Waals surface area contributed by atoms with Crippen LogP contribution in [0.1, 0.15) is 0 Å². The fourth-order valence-electron chi connectivity index (χ4n) is 7.85. The number of aromatic nitrogens is 3. The normalized spacial score (nSPS) is 11.6. The number of fused-ring (bicyclic) bond motifs is 6. The first-order valence-electron chi connectivity index (χ1n) is 18.7. The van der Waals surface area contributed by atoms with Gasteiger partial charge in [-0.2, -0.15) is 0 Å². The van der Waals surface area contributed by atoms with Gasteiger partial charge in [-0.1, -0.05) is 140 Å². The summed E-state index contributed by atoms with van der Waals surface area (Å²) >= 11 is 0. The number of hydrogen-bond donors (Lipinski definition) is 0. The van der Waals surface area contributed by atoms with Gasteiger partial charge in [0.25, 0.3) is 0 Å². The summed E-state index contributed by atoms with van der Waals surface area (Å²) in [6.07, 6.45) is 0. The third-order valence-corrected chi connectivity index (χ3v) is 10.5. The summed E-state index contributed by atoms with van der Waals surface area (Å²) in [5.41, 5.74) is 12.3. The Balaban J connectivity index is 1.14. The van der Waals surface area contributed by atoms with Crippen LogP contribution >= 0.6 is 0 Å². The van der Waals surface area contributed by atoms with Gasteiger partial charge in [0.1, 0.15) is 22.3 Å². The van der Waals surface area contributed by atoms with Crippen LogP contribution in [0, 0.1) is 0 Å². The van der Waals surface area contributed by atoms with Crippen LogP contribution in [0.2, 0.25) is 0 Å². The van der Waals surface area contributed by atoms with Crippen molar-refractivity contribution in [3.63, 3.8) is 0 Å². The van der Waals surface area contributed by atoms with Crippen LogP contribution in [-0.2, 0) is 0 Å². The van der Waals surface area contributed by atoms with Crippen molar-refractivity contribution in [1.82, 2.24) is 15.0 Å². The number of furan rings is 2. The predicted octanol–water partition coefficient (Wildman–Crippen LogP) is 13.7. The van der Waals surface area contributed by atoms with Crippen LogP contribution < -0.4 is 0 Å². The van der Waals surface area contributed by atoms with E-state index in [0.29, 0.717) is 17.5 Å². The van der Waals surface area contributed by atoms with E-state index < -0.39 is 0 Å². The van der Waals surface area contributed by atoms with E-state index in [1.165, 1.54) is 0 Å². The molecule has 0 aliphatic carbocycles. The second-order valence-electron chi connectivity index (χ2n) is 14.0. The Kier molecular flexibility index (Phi) is 7.42. The first-order chi connectivity index (χ1) is 27.7. The summed E-state index contributed by atoms with van der Waals surface area (Å²) in [5, 5.41) is 4.18. The van der Waals surface area contributed by atoms with Crippen molar-refractivity contribution >= 4 is 43.9 Å². The first kappa shape index (κ1) is 31.9. The topological polar surface area (TPSA) is 65.0 Å². The Morgan fingerprint density at radius 2 is 0.839 bits per heavy atom. The van der Waals surface area contributed by atoms with Gasteiger partial charge < -0.3 is 8.83 Å². The fourth-order valence-corrected chi connectivity index (χ4v) is 7.85. The highest BCUT2D eigenvalue weighted by Crippen LogP contribution is 2.40. The Morgan fingerprint density at radius 1 is 0.286 bits per heavy atom. The molecule has 0 N–H and O–H groups in total. The monoisotopic (exact) mass is 717 g/mol. The molecule has 56 heavy (non-hydrogen) atoms. The molecule has 11 aromatic rings. The number of rotatable bonds is 6. The maximum absolute atomic E-state index is 6.54. The molecule has 0 fully saturated rings. The molecule has 0 saturated carbocycles. The zero-order valence-corrected chi connectivity index (χ0v) is 30.1. The minimum absolute atomic E-state index is 0.525. The molecule has 0 aliphatic rings. The van der Waals surface area contributed by atoms with Crippen molar-refractivity contribution in [2.75, 3.05) is 0 Å². The maximum atomic E-state index is 6.54. The molecule has 5 nitrogen and oxygen atoms in total. The highest BCUT2D eigenvalue weighted by molar-refractivity contribution is 6.13. The van der Waals surface area contributed by atoms with E-state index in [1.54, 1.807) is 0 Å². The molecule has 0 saturated heterocycles. The molecular weight excluding hydrogens is 687 g/mol. The lowest BCUT2D eigenvalue weighted by molar-refractivity contribution is 0.668. The van der Waals surface area contributed by atoms with Gasteiger partial charge in [0, 0.05) is 32.7 Å². The molecule has 3 aromatic heterocycles. The largest absolute Gasteiger partial charge is 0.456 e. The van der Waals surface area contributed by atoms with Gasteiger partial charge in [0.2, 0.25) is 0 Å². The predicted molar refractivity (Wildman–Crippen MR) is 227 cm³/mol. The summed E-state index contributed by atoms with van der Waals surface area (Å²) in [7, 11) is 0. The van der Waals surface area contributed by atoms with E-state index in [4.69, 9.17) is 23.8 Å². The summed E-state index contributed by atoms with van der Waals surface area (Å²) in [6, 6.07) is 64.6. The van der Waals surface area contributed by atoms with Gasteiger partial charge in [-0.15, -0.1) is 0 Å². The van der Waals surface area contributed by atoms with E-state index in [2.05, 4.69) is 121 Å². The van der Waals surface area contributed by atoms with E-state index in [1.807, 2.05) is 66.7 Å². The highest BCUT2D eigenvalue weighted by Gasteiger charge is 2.20. The number of nitrogens with zero attached hydrogens (tertiary/aromatic N) is 3. The quantitative estimate of drug-likeness (QED) is 0.171. The van der Waals surface area contributed by atoms with Crippen molar-refractivity contribution in [3.8, 4) is 67.5 Å². The van der Waals surface area contributed by atoms with E-state index in [9.17, 15) is 0 Å². The van der Waals surface area contributed by atoms with Crippen molar-refractivity contribution in [2.45, 2.75) is 0 Å². The lowest BCUT2D eigenvalue weighted by Crippen LogP contribution is -2.01. The molecule has 262 valence electrons. The zero-order chi connectivity index (χ0) is 37.0. The lowest BCUT2D eigenvalue weighted by atomic mass is 9.96. The molecule has 0 atom stereocenters. The standard InChI is InChI=1S/C51H31N3O2/c1-4-14-32(15-5-1)36-28-37(33-16-6-2-7-17-33)30-38(29-36)50-52-49(53-51(54-50)43-23-12-22-41-40-20-10-11-24-44(40)56-48(41)43)35-26-27-42-46(31-35)55-45-25-13-21-39(47(42)45)34-18-8-3-9-19-34/h1-31H. The van der Waals surface area contributed by atoms with E-state index in [-0.39, 0.29) is 0 Å². The number of benzene rings is 8. The average molecular weight is 718 g/mol. The molecule has 0 bridgehead atoms. The average Bonchev–Trinajstić information content (AvgIpc) is 3.85. The van der Waals surface area contributed by atoms with Crippen LogP contribution in [0.25, 0.3) is 111 Å². The minimum Gasteiger partial charge on any atom is -0.456 e. The van der Waals surface area contributed by atoms with Gasteiger partial charge in [-0.3, -0.25) is 0 Å². The number of para-hydroxylation sites is 2. The van der Waals surface area contributed by atoms with Crippen LogP contribution in [-0.4, -0.2) is 15.0 Å². The second-order valence-corrected chi connectivity index (χ2v) is 14.0. The molecular formula is C51H31N3O2. The fraction of sp³-hybridized carbons (Fsp3) is 0. The first-order valence-corrected chi connectivity index (χ1v) is 18.7. The molecule has 0 spiro atoms. The summed E-state index contributed by atoms with van der Waals surface area (Å²) < 4.78 is 13.0. The van der Waals surface area contributed by atoms with Crippen LogP contribution in [0.3, 0.4) is 0 Å². The van der Waals surface area contributed by atoms with Crippen molar-refractivity contribution in [1.29, 1.82) is 0 Å². The Hall–Kier alpha value is -7.63. The third-order valence-electron chi connectivity index (χ3n) is 10.5. The minimum atomic E-state index is 0.525. The van der Waals surface area contributed by atoms with Crippen LogP contribution in [0.5, 0.6) is 0 Å². The third kappa shape index (κ3) is 5.45. The molecule has 0 radical (unpaired) electrons. The Morgan fingerprint density at radius 3 is 1.57 bits per heavy atom. The zero-order valence-electron chi connectivity index (χ0n) is 30.1. The van der Waals surface area contributed by atoms with E-state index in [0.717, 1.165) is 93.9 Å². The second kappa shape index (κ2) is 13.0. The Bertz CT molecular complexity index is 3180. The van der Waals surface area contributed by atoms with Gasteiger partial charge in [-0.05, 0) is 81.9 Å². The van der Waals surface area contributed by atoms with Gasteiger partial charge in [0.05, 0.1) is 5.56 Å². The molecule has 0 amide bonds. The molecule has 8 aromatic carbocycles. The summed E-state index contributed by atoms with van der Waals surface area (Å²) in [4.78, 5) is 15.6. The highest BCUT2D eigenvalue weighted by atomic mass is 16.3. The lowest BCUT2D eigenvalue weighted by Gasteiger charge is -2.12. The molecule has 5 heteroatoms. The molecule has 0 aliphatic heterocycles. The van der Waals surface area contributed by atoms with Crippen molar-refractivity contribution < 1.29 is 8.83 Å². The van der Waals surface area contributed by atoms with E-state index >= 15 is 0 Å². The summed E-state index contributed by atoms with van der Waals surface area (Å²) in [5.74, 6) is 1.62. The van der Waals surface area contributed by atoms with Crippen molar-refractivity contribution in [3.05, 3.63) is 188 Å². The smallest absolute Gasteiger partial charge is 0.167 e. The summed E-state index contributed by atoms with van der Waals surface area (Å²) in [6.45, 7) is 0.